The van der Waals surface area contributed by atoms with Crippen LogP contribution in [0.5, 0.6) is 0 Å². The van der Waals surface area contributed by atoms with Crippen LogP contribution in [0.2, 0.25) is 0 Å². The predicted octanol–water partition coefficient (Wildman–Crippen LogP) is 7.92. The van der Waals surface area contributed by atoms with Gasteiger partial charge in [0.1, 0.15) is 0 Å². The van der Waals surface area contributed by atoms with Gasteiger partial charge in [0, 0.05) is 92.4 Å². The van der Waals surface area contributed by atoms with Crippen molar-refractivity contribution in [1.82, 2.24) is 19.8 Å². The number of carboxylic acids is 1. The number of hydrogen-bond acceptors (Lipinski definition) is 6. The molecule has 9 rings (SSSR count). The maximum Gasteiger partial charge on any atom is 0.305 e. The van der Waals surface area contributed by atoms with Crippen LogP contribution in [0.3, 0.4) is 0 Å². The van der Waals surface area contributed by atoms with E-state index in [1.165, 1.54) is 5.56 Å². The Morgan fingerprint density at radius 3 is 2.00 bits per heavy atom. The van der Waals surface area contributed by atoms with E-state index < -0.39 is 12.0 Å². The smallest absolute Gasteiger partial charge is 0.305 e. The summed E-state index contributed by atoms with van der Waals surface area (Å²) in [4.78, 5) is 66.2. The summed E-state index contributed by atoms with van der Waals surface area (Å²) in [5.74, 6) is -1.54. The van der Waals surface area contributed by atoms with Crippen molar-refractivity contribution in [3.05, 3.63) is 102 Å². The van der Waals surface area contributed by atoms with Gasteiger partial charge in [0.25, 0.3) is 11.8 Å². The quantitative estimate of drug-likeness (QED) is 0.0903. The second kappa shape index (κ2) is 17.3. The summed E-state index contributed by atoms with van der Waals surface area (Å²) < 4.78 is 7.34. The largest absolute Gasteiger partial charge is 0.481 e. The highest BCUT2D eigenvalue weighted by Gasteiger charge is 2.36. The fourth-order valence-corrected chi connectivity index (χ4v) is 10.5. The fraction of sp³-hybridized carbons (Fsp3) is 0.391. The number of aryl methyl sites for hydroxylation is 2. The lowest BCUT2D eigenvalue weighted by atomic mass is 9.88. The van der Waals surface area contributed by atoms with Crippen LogP contribution in [0, 0.1) is 0 Å². The number of hydrogen-bond donors (Lipinski definition) is 5. The number of morpholine rings is 1. The van der Waals surface area contributed by atoms with Gasteiger partial charge in [0.15, 0.2) is 0 Å². The Morgan fingerprint density at radius 2 is 1.37 bits per heavy atom. The van der Waals surface area contributed by atoms with Gasteiger partial charge < -0.3 is 35.3 Å². The number of amides is 3. The van der Waals surface area contributed by atoms with E-state index in [-0.39, 0.29) is 30.6 Å². The van der Waals surface area contributed by atoms with Gasteiger partial charge in [-0.05, 0) is 123 Å². The number of fused-ring (bicyclic) bond motifs is 4. The number of anilines is 2. The highest BCUT2D eigenvalue weighted by molar-refractivity contribution is 9.10. The number of aromatic amines is 2. The summed E-state index contributed by atoms with van der Waals surface area (Å²) in [6.45, 7) is 3.56. The maximum atomic E-state index is 15.1. The van der Waals surface area contributed by atoms with Gasteiger partial charge in [-0.3, -0.25) is 24.1 Å². The van der Waals surface area contributed by atoms with Crippen LogP contribution in [0.4, 0.5) is 11.4 Å². The summed E-state index contributed by atoms with van der Waals surface area (Å²) in [5, 5.41) is 16.6. The van der Waals surface area contributed by atoms with Crippen molar-refractivity contribution in [3.63, 3.8) is 0 Å². The van der Waals surface area contributed by atoms with Crippen molar-refractivity contribution in [2.75, 3.05) is 50.0 Å². The number of nitrogens with one attached hydrogen (secondary N) is 4. The third-order valence-corrected chi connectivity index (χ3v) is 13.7. The van der Waals surface area contributed by atoms with Crippen molar-refractivity contribution in [1.29, 1.82) is 0 Å². The number of H-pyrrole nitrogens is 2. The molecule has 5 N–H and O–H groups in total. The normalized spacial score (nSPS) is 19.1. The molecule has 2 aromatic heterocycles. The van der Waals surface area contributed by atoms with E-state index in [1.54, 1.807) is 4.90 Å². The highest BCUT2D eigenvalue weighted by Crippen LogP contribution is 2.42. The number of aromatic nitrogens is 2. The average Bonchev–Trinajstić information content (AvgIpc) is 3.96. The lowest BCUT2D eigenvalue weighted by Gasteiger charge is -2.35. The molecule has 2 aliphatic carbocycles. The number of carbonyl (C=O) groups is 4. The molecule has 4 aromatic rings. The molecule has 312 valence electrons. The summed E-state index contributed by atoms with van der Waals surface area (Å²) in [6.07, 6.45) is 11.5. The summed E-state index contributed by atoms with van der Waals surface area (Å²) in [6, 6.07) is 10.6. The van der Waals surface area contributed by atoms with Crippen molar-refractivity contribution < 1.29 is 29.0 Å². The van der Waals surface area contributed by atoms with Crippen LogP contribution >= 0.6 is 31.9 Å². The number of aliphatic carboxylic acids is 1. The molecule has 1 atom stereocenters. The maximum absolute atomic E-state index is 15.1. The van der Waals surface area contributed by atoms with Crippen LogP contribution in [-0.2, 0) is 56.0 Å². The summed E-state index contributed by atoms with van der Waals surface area (Å²) >= 11 is 7.12. The Kier molecular flexibility index (Phi) is 11.7. The molecule has 60 heavy (non-hydrogen) atoms. The van der Waals surface area contributed by atoms with Crippen LogP contribution in [0.1, 0.15) is 101 Å². The van der Waals surface area contributed by atoms with E-state index in [0.29, 0.717) is 55.3 Å². The molecule has 3 amide bonds. The van der Waals surface area contributed by atoms with Crippen LogP contribution in [0.25, 0.3) is 23.3 Å². The minimum atomic E-state index is -1.00. The first kappa shape index (κ1) is 40.6. The van der Waals surface area contributed by atoms with Gasteiger partial charge >= 0.3 is 5.97 Å². The number of carbonyl (C=O) groups excluding carboxylic acids is 3. The zero-order valence-corrected chi connectivity index (χ0v) is 36.5. The molecule has 5 heterocycles. The molecule has 0 spiro atoms. The number of benzene rings is 2. The molecule has 1 unspecified atom stereocenters. The first-order chi connectivity index (χ1) is 29.1. The van der Waals surface area contributed by atoms with Gasteiger partial charge in [-0.25, -0.2) is 0 Å². The van der Waals surface area contributed by atoms with Crippen LogP contribution in [-0.4, -0.2) is 88.0 Å². The lowest BCUT2D eigenvalue weighted by molar-refractivity contribution is -0.141. The second-order valence-corrected chi connectivity index (χ2v) is 18.2. The van der Waals surface area contributed by atoms with E-state index in [4.69, 9.17) is 4.74 Å². The van der Waals surface area contributed by atoms with E-state index in [0.717, 1.165) is 124 Å². The Morgan fingerprint density at radius 1 is 0.800 bits per heavy atom. The van der Waals surface area contributed by atoms with Crippen molar-refractivity contribution >= 4 is 90.2 Å². The first-order valence-corrected chi connectivity index (χ1v) is 22.6. The van der Waals surface area contributed by atoms with Crippen molar-refractivity contribution in [2.24, 2.45) is 0 Å². The Bertz CT molecular complexity index is 2460. The minimum absolute atomic E-state index is 0.135. The zero-order valence-electron chi connectivity index (χ0n) is 33.4. The third-order valence-electron chi connectivity index (χ3n) is 12.7. The fourth-order valence-electron chi connectivity index (χ4n) is 9.75. The third kappa shape index (κ3) is 8.18. The van der Waals surface area contributed by atoms with Crippen LogP contribution in [0.15, 0.2) is 45.3 Å². The van der Waals surface area contributed by atoms with Gasteiger partial charge in [-0.2, -0.15) is 0 Å². The lowest BCUT2D eigenvalue weighted by Crippen LogP contribution is -2.45. The summed E-state index contributed by atoms with van der Waals surface area (Å²) in [7, 11) is 0. The molecule has 0 radical (unpaired) electrons. The predicted molar refractivity (Wildman–Crippen MR) is 238 cm³/mol. The van der Waals surface area contributed by atoms with E-state index >= 15 is 4.79 Å². The standard InChI is InChI=1S/C46H48Br2N6O6/c47-26-9-12-37-31(21-26)33(45(58)51-37)23-39-29(28-5-1-3-7-35(28)49-39)11-14-42(55)54(16-15-53-17-19-60-20-18-53)41(25-43(56)57)44-30-6-2-4-8-36(30)50-40(44)24-34-32-22-27(48)10-13-38(32)52-46(34)59/h9-10,12-13,21-24,41,49-50H,1-8,11,14-20,25H2,(H,51,58)(H,52,59)(H,56,57). The molecule has 3 aliphatic heterocycles. The Balaban J connectivity index is 1.10. The van der Waals surface area contributed by atoms with Crippen molar-refractivity contribution in [2.45, 2.75) is 76.7 Å². The molecular formula is C46H48Br2N6O6. The Labute approximate surface area is 365 Å². The molecule has 14 heteroatoms. The van der Waals surface area contributed by atoms with Gasteiger partial charge in [-0.15, -0.1) is 0 Å². The van der Waals surface area contributed by atoms with E-state index in [1.807, 2.05) is 48.6 Å². The molecule has 0 bridgehead atoms. The number of carboxylic acid groups (broad SMARTS) is 1. The SMILES string of the molecule is O=C(O)CC(c1c(C=C2C(=O)Nc3ccc(Br)cc32)[nH]c2c1CCCC2)N(CCN1CCOCC1)C(=O)CCc1c(C=C2C(=O)Nc3ccc(Br)cc32)[nH]c2c1CCCC2. The Hall–Kier alpha value is -4.76. The van der Waals surface area contributed by atoms with Gasteiger partial charge in [0.05, 0.1) is 36.8 Å². The highest BCUT2D eigenvalue weighted by atomic mass is 79.9. The molecule has 12 nitrogen and oxygen atoms in total. The molecule has 2 aromatic carbocycles. The van der Waals surface area contributed by atoms with Gasteiger partial charge in [0.2, 0.25) is 5.91 Å². The molecule has 1 saturated heterocycles. The van der Waals surface area contributed by atoms with Crippen molar-refractivity contribution in [3.8, 4) is 0 Å². The first-order valence-electron chi connectivity index (χ1n) is 21.0. The monoisotopic (exact) mass is 938 g/mol. The molecular weight excluding hydrogens is 892 g/mol. The number of ether oxygens (including phenoxy) is 1. The number of halogens is 2. The van der Waals surface area contributed by atoms with Crippen LogP contribution < -0.4 is 10.6 Å². The minimum Gasteiger partial charge on any atom is -0.481 e. The zero-order chi connectivity index (χ0) is 41.5. The summed E-state index contributed by atoms with van der Waals surface area (Å²) in [5.41, 5.74) is 11.9. The average molecular weight is 941 g/mol. The second-order valence-electron chi connectivity index (χ2n) is 16.4. The van der Waals surface area contributed by atoms with E-state index in [9.17, 15) is 19.5 Å². The molecule has 5 aliphatic rings. The number of rotatable bonds is 12. The van der Waals surface area contributed by atoms with E-state index in [2.05, 4.69) is 57.4 Å². The topological polar surface area (TPSA) is 160 Å². The van der Waals surface area contributed by atoms with Gasteiger partial charge in [-0.1, -0.05) is 31.9 Å². The number of nitrogens with zero attached hydrogens (tertiary/aromatic N) is 2. The molecule has 0 saturated carbocycles. The molecule has 1 fully saturated rings.